The van der Waals surface area contributed by atoms with Gasteiger partial charge in [-0.15, -0.1) is 0 Å². The predicted octanol–water partition coefficient (Wildman–Crippen LogP) is 2.34. The fourth-order valence-corrected chi connectivity index (χ4v) is 1.94. The van der Waals surface area contributed by atoms with E-state index in [1.165, 1.54) is 0 Å². The second-order valence-corrected chi connectivity index (χ2v) is 4.10. The van der Waals surface area contributed by atoms with Gasteiger partial charge in [-0.05, 0) is 12.1 Å². The first-order valence-corrected chi connectivity index (χ1v) is 5.44. The Bertz CT molecular complexity index is 745. The fraction of sp³-hybridized carbons (Fsp3) is 0. The molecule has 0 bridgehead atoms. The van der Waals surface area contributed by atoms with E-state index in [1.54, 1.807) is 28.9 Å². The molecule has 0 atom stereocenters. The molecule has 0 radical (unpaired) electrons. The van der Waals surface area contributed by atoms with Gasteiger partial charge >= 0.3 is 0 Å². The van der Waals surface area contributed by atoms with Gasteiger partial charge in [0.15, 0.2) is 0 Å². The minimum absolute atomic E-state index is 0.215. The first-order chi connectivity index (χ1) is 8.24. The molecule has 84 valence electrons. The van der Waals surface area contributed by atoms with E-state index in [4.69, 9.17) is 11.6 Å². The highest BCUT2D eigenvalue weighted by atomic mass is 35.5. The molecule has 17 heavy (non-hydrogen) atoms. The third kappa shape index (κ3) is 1.72. The zero-order chi connectivity index (χ0) is 11.8. The Morgan fingerprint density at radius 2 is 2.24 bits per heavy atom. The van der Waals surface area contributed by atoms with Crippen LogP contribution in [0.5, 0.6) is 0 Å². The van der Waals surface area contributed by atoms with Crippen LogP contribution in [-0.4, -0.2) is 14.4 Å². The molecule has 1 aromatic carbocycles. The van der Waals surface area contributed by atoms with E-state index in [9.17, 15) is 4.79 Å². The molecule has 3 aromatic rings. The number of H-pyrrole nitrogens is 1. The summed E-state index contributed by atoms with van der Waals surface area (Å²) in [5.74, 6) is 0. The van der Waals surface area contributed by atoms with Crippen molar-refractivity contribution in [3.63, 3.8) is 0 Å². The van der Waals surface area contributed by atoms with Gasteiger partial charge in [0.25, 0.3) is 5.56 Å². The number of benzene rings is 1. The van der Waals surface area contributed by atoms with Crippen molar-refractivity contribution < 1.29 is 0 Å². The molecule has 2 aromatic heterocycles. The van der Waals surface area contributed by atoms with Crippen LogP contribution in [0, 0.1) is 0 Å². The second-order valence-electron chi connectivity index (χ2n) is 3.67. The highest BCUT2D eigenvalue weighted by molar-refractivity contribution is 6.30. The molecule has 0 amide bonds. The average Bonchev–Trinajstić information content (AvgIpc) is 2.77. The molecular weight excluding hydrogens is 238 g/mol. The van der Waals surface area contributed by atoms with Gasteiger partial charge in [0, 0.05) is 29.2 Å². The summed E-state index contributed by atoms with van der Waals surface area (Å²) in [5, 5.41) is 0.633. The van der Waals surface area contributed by atoms with E-state index in [2.05, 4.69) is 9.97 Å². The molecule has 0 fully saturated rings. The number of hydrogen-bond donors (Lipinski definition) is 1. The topological polar surface area (TPSA) is 50.2 Å². The van der Waals surface area contributed by atoms with Crippen molar-refractivity contribution >= 4 is 17.2 Å². The number of aromatic nitrogens is 3. The monoisotopic (exact) mass is 245 g/mol. The Hall–Kier alpha value is -2.07. The lowest BCUT2D eigenvalue weighted by atomic mass is 10.2. The number of rotatable bonds is 1. The maximum atomic E-state index is 11.7. The number of aromatic amines is 1. The summed E-state index contributed by atoms with van der Waals surface area (Å²) >= 11 is 5.92. The Labute approximate surface area is 102 Å². The fourth-order valence-electron chi connectivity index (χ4n) is 1.75. The summed E-state index contributed by atoms with van der Waals surface area (Å²) in [7, 11) is 0. The number of hydrogen-bond acceptors (Lipinski definition) is 2. The largest absolute Gasteiger partial charge is 0.317 e. The van der Waals surface area contributed by atoms with Crippen molar-refractivity contribution in [2.24, 2.45) is 0 Å². The summed E-state index contributed by atoms with van der Waals surface area (Å²) < 4.78 is 1.69. The first-order valence-electron chi connectivity index (χ1n) is 5.06. The first kappa shape index (κ1) is 10.1. The van der Waals surface area contributed by atoms with Crippen molar-refractivity contribution in [2.75, 3.05) is 0 Å². The molecule has 0 aliphatic rings. The zero-order valence-electron chi connectivity index (χ0n) is 8.72. The number of imidazole rings is 1. The minimum Gasteiger partial charge on any atom is -0.317 e. The van der Waals surface area contributed by atoms with Gasteiger partial charge in [-0.2, -0.15) is 0 Å². The lowest BCUT2D eigenvalue weighted by molar-refractivity contribution is 1.10. The predicted molar refractivity (Wildman–Crippen MR) is 66.3 cm³/mol. The Kier molecular flexibility index (Phi) is 2.23. The van der Waals surface area contributed by atoms with Gasteiger partial charge in [0.1, 0.15) is 0 Å². The van der Waals surface area contributed by atoms with Gasteiger partial charge in [0.05, 0.1) is 5.69 Å². The van der Waals surface area contributed by atoms with Crippen molar-refractivity contribution in [2.45, 2.75) is 0 Å². The highest BCUT2D eigenvalue weighted by Gasteiger charge is 2.04. The second kappa shape index (κ2) is 3.75. The number of nitrogens with one attached hydrogen (secondary N) is 1. The molecule has 2 heterocycles. The third-order valence-electron chi connectivity index (χ3n) is 2.52. The van der Waals surface area contributed by atoms with Gasteiger partial charge < -0.3 is 9.38 Å². The van der Waals surface area contributed by atoms with Crippen LogP contribution in [-0.2, 0) is 0 Å². The molecule has 3 rings (SSSR count). The molecule has 0 spiro atoms. The molecule has 5 heteroatoms. The molecule has 0 aliphatic carbocycles. The van der Waals surface area contributed by atoms with Gasteiger partial charge in [-0.25, -0.2) is 4.98 Å². The normalized spacial score (nSPS) is 10.9. The minimum atomic E-state index is -0.215. The summed E-state index contributed by atoms with van der Waals surface area (Å²) in [4.78, 5) is 18.5. The van der Waals surface area contributed by atoms with Crippen LogP contribution in [0.4, 0.5) is 0 Å². The van der Waals surface area contributed by atoms with E-state index in [1.807, 2.05) is 18.3 Å². The maximum Gasteiger partial charge on any atom is 0.292 e. The Morgan fingerprint density at radius 1 is 1.35 bits per heavy atom. The van der Waals surface area contributed by atoms with Crippen LogP contribution in [0.3, 0.4) is 0 Å². The molecular formula is C12H8ClN3O. The lowest BCUT2D eigenvalue weighted by Crippen LogP contribution is -2.10. The lowest BCUT2D eigenvalue weighted by Gasteiger charge is -2.03. The van der Waals surface area contributed by atoms with Crippen molar-refractivity contribution in [1.82, 2.24) is 14.4 Å². The molecule has 4 nitrogen and oxygen atoms in total. The van der Waals surface area contributed by atoms with Crippen LogP contribution in [0.15, 0.2) is 47.7 Å². The highest BCUT2D eigenvalue weighted by Crippen LogP contribution is 2.19. The van der Waals surface area contributed by atoms with Gasteiger partial charge in [-0.3, -0.25) is 4.79 Å². The van der Waals surface area contributed by atoms with Crippen LogP contribution < -0.4 is 5.56 Å². The molecule has 0 saturated carbocycles. The Balaban J connectivity index is 2.27. The van der Waals surface area contributed by atoms with Crippen LogP contribution in [0.2, 0.25) is 5.02 Å². The average molecular weight is 246 g/mol. The standard InChI is InChI=1S/C12H8ClN3O/c13-9-3-1-2-8(6-9)10-7-16-5-4-14-11(16)12(17)15-10/h1-7H,(H,15,17). The smallest absolute Gasteiger partial charge is 0.292 e. The SMILES string of the molecule is O=c1[nH]c(-c2cccc(Cl)c2)cn2ccnc12. The maximum absolute atomic E-state index is 11.7. The van der Waals surface area contributed by atoms with E-state index in [0.717, 1.165) is 5.56 Å². The van der Waals surface area contributed by atoms with E-state index >= 15 is 0 Å². The summed E-state index contributed by atoms with van der Waals surface area (Å²) in [6.07, 6.45) is 5.14. The zero-order valence-corrected chi connectivity index (χ0v) is 9.48. The molecule has 0 saturated heterocycles. The Morgan fingerprint density at radius 3 is 3.06 bits per heavy atom. The van der Waals surface area contributed by atoms with Crippen molar-refractivity contribution in [3.05, 3.63) is 58.2 Å². The van der Waals surface area contributed by atoms with Gasteiger partial charge in [0.2, 0.25) is 5.65 Å². The van der Waals surface area contributed by atoms with E-state index in [0.29, 0.717) is 16.4 Å². The van der Waals surface area contributed by atoms with Gasteiger partial charge in [-0.1, -0.05) is 23.7 Å². The molecule has 0 unspecified atom stereocenters. The van der Waals surface area contributed by atoms with Crippen LogP contribution in [0.1, 0.15) is 0 Å². The molecule has 1 N–H and O–H groups in total. The summed E-state index contributed by atoms with van der Waals surface area (Å²) in [6.45, 7) is 0. The van der Waals surface area contributed by atoms with E-state index in [-0.39, 0.29) is 5.56 Å². The summed E-state index contributed by atoms with van der Waals surface area (Å²) in [6, 6.07) is 7.32. The van der Waals surface area contributed by atoms with Crippen molar-refractivity contribution in [1.29, 1.82) is 0 Å². The third-order valence-corrected chi connectivity index (χ3v) is 2.76. The van der Waals surface area contributed by atoms with Crippen LogP contribution >= 0.6 is 11.6 Å². The van der Waals surface area contributed by atoms with E-state index < -0.39 is 0 Å². The summed E-state index contributed by atoms with van der Waals surface area (Å²) in [5.41, 5.74) is 1.75. The van der Waals surface area contributed by atoms with Crippen molar-refractivity contribution in [3.8, 4) is 11.3 Å². The number of fused-ring (bicyclic) bond motifs is 1. The quantitative estimate of drug-likeness (QED) is 0.715. The van der Waals surface area contributed by atoms with Crippen LogP contribution in [0.25, 0.3) is 16.9 Å². The number of halogens is 1. The molecule has 0 aliphatic heterocycles. The number of nitrogens with zero attached hydrogens (tertiary/aromatic N) is 2.